The van der Waals surface area contributed by atoms with Crippen LogP contribution in [0.2, 0.25) is 10.0 Å². The lowest BCUT2D eigenvalue weighted by Gasteiger charge is -2.10. The Kier molecular flexibility index (Phi) is 3.67. The summed E-state index contributed by atoms with van der Waals surface area (Å²) >= 11 is 14.7. The van der Waals surface area contributed by atoms with Gasteiger partial charge in [0, 0.05) is 0 Å². The summed E-state index contributed by atoms with van der Waals surface area (Å²) in [7, 11) is 0. The third kappa shape index (κ3) is 2.68. The Labute approximate surface area is 119 Å². The van der Waals surface area contributed by atoms with Gasteiger partial charge in [-0.3, -0.25) is 0 Å². The third-order valence-electron chi connectivity index (χ3n) is 2.19. The van der Waals surface area contributed by atoms with Crippen molar-refractivity contribution in [2.24, 2.45) is 0 Å². The van der Waals surface area contributed by atoms with Crippen LogP contribution in [0, 0.1) is 0 Å². The van der Waals surface area contributed by atoms with Gasteiger partial charge in [-0.2, -0.15) is 13.2 Å². The SMILES string of the molecule is FC(F)(F)c1cc(Cl)c(-c2ccc(Br)o2)c(Cl)c1. The van der Waals surface area contributed by atoms with Crippen LogP contribution in [0.3, 0.4) is 0 Å². The van der Waals surface area contributed by atoms with Crippen LogP contribution in [0.15, 0.2) is 33.4 Å². The molecule has 0 aliphatic rings. The lowest BCUT2D eigenvalue weighted by molar-refractivity contribution is -0.137. The number of alkyl halides is 3. The molecule has 0 saturated heterocycles. The van der Waals surface area contributed by atoms with E-state index in [1.165, 1.54) is 0 Å². The van der Waals surface area contributed by atoms with Gasteiger partial charge in [-0.15, -0.1) is 0 Å². The Morgan fingerprint density at radius 1 is 1.06 bits per heavy atom. The van der Waals surface area contributed by atoms with Crippen LogP contribution in [0.4, 0.5) is 13.2 Å². The van der Waals surface area contributed by atoms with E-state index < -0.39 is 11.7 Å². The van der Waals surface area contributed by atoms with Crippen molar-refractivity contribution in [3.8, 4) is 11.3 Å². The molecule has 1 aromatic carbocycles. The first-order valence-electron chi connectivity index (χ1n) is 4.61. The predicted octanol–water partition coefficient (Wildman–Crippen LogP) is 6.03. The summed E-state index contributed by atoms with van der Waals surface area (Å²) in [6, 6.07) is 4.79. The van der Waals surface area contributed by atoms with Gasteiger partial charge in [-0.25, -0.2) is 0 Å². The smallest absolute Gasteiger partial charge is 0.416 e. The van der Waals surface area contributed by atoms with Crippen molar-refractivity contribution in [3.63, 3.8) is 0 Å². The monoisotopic (exact) mass is 358 g/mol. The summed E-state index contributed by atoms with van der Waals surface area (Å²) < 4.78 is 43.3. The van der Waals surface area contributed by atoms with E-state index in [2.05, 4.69) is 15.9 Å². The zero-order chi connectivity index (χ0) is 13.5. The zero-order valence-corrected chi connectivity index (χ0v) is 11.6. The molecule has 0 fully saturated rings. The van der Waals surface area contributed by atoms with Crippen LogP contribution in [0.1, 0.15) is 5.56 Å². The van der Waals surface area contributed by atoms with E-state index in [1.54, 1.807) is 12.1 Å². The Morgan fingerprint density at radius 3 is 2.00 bits per heavy atom. The second-order valence-electron chi connectivity index (χ2n) is 3.42. The molecule has 0 aliphatic carbocycles. The molecule has 1 nitrogen and oxygen atoms in total. The van der Waals surface area contributed by atoms with Gasteiger partial charge in [-0.1, -0.05) is 23.2 Å². The minimum absolute atomic E-state index is 0.114. The second kappa shape index (κ2) is 4.79. The maximum atomic E-state index is 12.5. The molecule has 0 unspecified atom stereocenters. The first-order chi connectivity index (χ1) is 8.29. The van der Waals surface area contributed by atoms with Crippen LogP contribution in [0.25, 0.3) is 11.3 Å². The van der Waals surface area contributed by atoms with Crippen molar-refractivity contribution >= 4 is 39.1 Å². The van der Waals surface area contributed by atoms with E-state index in [4.69, 9.17) is 27.6 Å². The number of furan rings is 1. The van der Waals surface area contributed by atoms with E-state index >= 15 is 0 Å². The molecule has 0 aliphatic heterocycles. The molecular weight excluding hydrogens is 356 g/mol. The highest BCUT2D eigenvalue weighted by atomic mass is 79.9. The summed E-state index contributed by atoms with van der Waals surface area (Å²) in [6.07, 6.45) is -4.49. The Balaban J connectivity index is 2.58. The summed E-state index contributed by atoms with van der Waals surface area (Å²) in [5.74, 6) is 0.297. The molecule has 0 radical (unpaired) electrons. The van der Waals surface area contributed by atoms with Gasteiger partial charge in [0.05, 0.1) is 21.2 Å². The molecule has 18 heavy (non-hydrogen) atoms. The number of hydrogen-bond donors (Lipinski definition) is 0. The fourth-order valence-corrected chi connectivity index (χ4v) is 2.40. The highest BCUT2D eigenvalue weighted by molar-refractivity contribution is 9.10. The molecule has 1 heterocycles. The first kappa shape index (κ1) is 13.8. The topological polar surface area (TPSA) is 13.1 Å². The highest BCUT2D eigenvalue weighted by Crippen LogP contribution is 2.41. The lowest BCUT2D eigenvalue weighted by atomic mass is 10.1. The average Bonchev–Trinajstić information content (AvgIpc) is 2.62. The molecule has 0 amide bonds. The molecule has 2 aromatic rings. The molecule has 2 rings (SSSR count). The molecule has 0 atom stereocenters. The van der Waals surface area contributed by atoms with Crippen molar-refractivity contribution in [1.29, 1.82) is 0 Å². The van der Waals surface area contributed by atoms with Crippen LogP contribution in [-0.4, -0.2) is 0 Å². The lowest BCUT2D eigenvalue weighted by Crippen LogP contribution is -2.05. The zero-order valence-electron chi connectivity index (χ0n) is 8.49. The summed E-state index contributed by atoms with van der Waals surface area (Å²) in [4.78, 5) is 0. The second-order valence-corrected chi connectivity index (χ2v) is 5.01. The number of halogens is 6. The first-order valence-corrected chi connectivity index (χ1v) is 6.16. The number of rotatable bonds is 1. The van der Waals surface area contributed by atoms with Crippen molar-refractivity contribution in [2.75, 3.05) is 0 Å². The number of hydrogen-bond acceptors (Lipinski definition) is 1. The molecule has 7 heteroatoms. The van der Waals surface area contributed by atoms with E-state index in [-0.39, 0.29) is 15.6 Å². The van der Waals surface area contributed by atoms with Gasteiger partial charge in [0.1, 0.15) is 5.76 Å². The van der Waals surface area contributed by atoms with Crippen LogP contribution in [0.5, 0.6) is 0 Å². The fraction of sp³-hybridized carbons (Fsp3) is 0.0909. The standard InChI is InChI=1S/C11H4BrCl2F3O/c12-9-2-1-8(18-9)10-6(13)3-5(4-7(10)14)11(15,16)17/h1-4H. The Bertz CT molecular complexity index is 569. The van der Waals surface area contributed by atoms with Crippen molar-refractivity contribution < 1.29 is 17.6 Å². The van der Waals surface area contributed by atoms with E-state index in [0.717, 1.165) is 12.1 Å². The third-order valence-corrected chi connectivity index (χ3v) is 3.21. The normalized spacial score (nSPS) is 11.9. The van der Waals surface area contributed by atoms with E-state index in [9.17, 15) is 13.2 Å². The maximum absolute atomic E-state index is 12.5. The molecule has 0 spiro atoms. The molecule has 0 N–H and O–H groups in total. The minimum atomic E-state index is -4.49. The number of benzene rings is 1. The van der Waals surface area contributed by atoms with Gasteiger partial charge in [-0.05, 0) is 40.2 Å². The van der Waals surface area contributed by atoms with E-state index in [1.807, 2.05) is 0 Å². The Hall–Kier alpha value is -0.650. The Morgan fingerprint density at radius 2 is 1.61 bits per heavy atom. The fourth-order valence-electron chi connectivity index (χ4n) is 1.42. The van der Waals surface area contributed by atoms with Gasteiger partial charge in [0.25, 0.3) is 0 Å². The molecule has 0 saturated carbocycles. The quantitative estimate of drug-likeness (QED) is 0.605. The van der Waals surface area contributed by atoms with E-state index in [0.29, 0.717) is 10.4 Å². The minimum Gasteiger partial charge on any atom is -0.449 e. The van der Waals surface area contributed by atoms with Crippen LogP contribution < -0.4 is 0 Å². The summed E-state index contributed by atoms with van der Waals surface area (Å²) in [5, 5.41) is -0.228. The van der Waals surface area contributed by atoms with Crippen molar-refractivity contribution in [3.05, 3.63) is 44.5 Å². The van der Waals surface area contributed by atoms with Crippen molar-refractivity contribution in [1.82, 2.24) is 0 Å². The molecular formula is C11H4BrCl2F3O. The maximum Gasteiger partial charge on any atom is 0.416 e. The average molecular weight is 360 g/mol. The van der Waals surface area contributed by atoms with Gasteiger partial charge in [0.15, 0.2) is 4.67 Å². The molecule has 1 aromatic heterocycles. The summed E-state index contributed by atoms with van der Waals surface area (Å²) in [5.41, 5.74) is -0.663. The van der Waals surface area contributed by atoms with Crippen LogP contribution in [-0.2, 0) is 6.18 Å². The molecule has 96 valence electrons. The van der Waals surface area contributed by atoms with Crippen LogP contribution >= 0.6 is 39.1 Å². The predicted molar refractivity (Wildman–Crippen MR) is 66.9 cm³/mol. The van der Waals surface area contributed by atoms with Gasteiger partial charge >= 0.3 is 6.18 Å². The summed E-state index contributed by atoms with van der Waals surface area (Å²) in [6.45, 7) is 0. The highest BCUT2D eigenvalue weighted by Gasteiger charge is 2.32. The van der Waals surface area contributed by atoms with Gasteiger partial charge in [0.2, 0.25) is 0 Å². The largest absolute Gasteiger partial charge is 0.449 e. The van der Waals surface area contributed by atoms with Crippen molar-refractivity contribution in [2.45, 2.75) is 6.18 Å². The van der Waals surface area contributed by atoms with Gasteiger partial charge < -0.3 is 4.42 Å². The molecule has 0 bridgehead atoms.